The van der Waals surface area contributed by atoms with Crippen LogP contribution in [0.5, 0.6) is 0 Å². The van der Waals surface area contributed by atoms with Crippen molar-refractivity contribution in [1.29, 1.82) is 0 Å². The normalized spacial score (nSPS) is 10.2. The Hall–Kier alpha value is -1.55. The molecule has 0 saturated heterocycles. The first-order chi connectivity index (χ1) is 7.15. The zero-order valence-corrected chi connectivity index (χ0v) is 8.82. The molecule has 1 amide bonds. The summed E-state index contributed by atoms with van der Waals surface area (Å²) in [6.07, 6.45) is 1.63. The minimum atomic E-state index is -0.435. The van der Waals surface area contributed by atoms with Crippen LogP contribution in [-0.4, -0.2) is 19.6 Å². The highest BCUT2D eigenvalue weighted by atomic mass is 16.5. The van der Waals surface area contributed by atoms with Crippen molar-refractivity contribution in [2.75, 3.05) is 19.5 Å². The third kappa shape index (κ3) is 3.25. The van der Waals surface area contributed by atoms with Gasteiger partial charge in [-0.15, -0.1) is 0 Å². The van der Waals surface area contributed by atoms with E-state index in [1.165, 1.54) is 0 Å². The van der Waals surface area contributed by atoms with Gasteiger partial charge in [-0.05, 0) is 30.5 Å². The third-order valence-corrected chi connectivity index (χ3v) is 2.19. The van der Waals surface area contributed by atoms with Crippen molar-refractivity contribution in [2.24, 2.45) is 5.73 Å². The van der Waals surface area contributed by atoms with Gasteiger partial charge in [-0.2, -0.15) is 0 Å². The van der Waals surface area contributed by atoms with Gasteiger partial charge >= 0.3 is 0 Å². The summed E-state index contributed by atoms with van der Waals surface area (Å²) in [6.45, 7) is 0.669. The number of aryl methyl sites for hydroxylation is 1. The summed E-state index contributed by atoms with van der Waals surface area (Å²) >= 11 is 0. The van der Waals surface area contributed by atoms with Crippen LogP contribution in [0.15, 0.2) is 18.2 Å². The Bertz CT molecular complexity index is 350. The van der Waals surface area contributed by atoms with Gasteiger partial charge in [0.1, 0.15) is 0 Å². The molecule has 0 aliphatic heterocycles. The first-order valence-corrected chi connectivity index (χ1v) is 4.82. The molecule has 0 radical (unpaired) electrons. The molecule has 82 valence electrons. The molecule has 0 saturated carbocycles. The topological polar surface area (TPSA) is 78.3 Å². The van der Waals surface area contributed by atoms with E-state index >= 15 is 0 Å². The van der Waals surface area contributed by atoms with Gasteiger partial charge in [0.15, 0.2) is 0 Å². The van der Waals surface area contributed by atoms with Gasteiger partial charge in [-0.3, -0.25) is 4.79 Å². The minimum Gasteiger partial charge on any atom is -0.399 e. The lowest BCUT2D eigenvalue weighted by atomic mass is 10.0. The van der Waals surface area contributed by atoms with Crippen molar-refractivity contribution < 1.29 is 9.53 Å². The molecular weight excluding hydrogens is 192 g/mol. The molecule has 4 nitrogen and oxygen atoms in total. The van der Waals surface area contributed by atoms with Crippen LogP contribution in [0.25, 0.3) is 0 Å². The SMILES string of the molecule is COCCCc1ccc(N)cc1C(N)=O. The molecule has 0 bridgehead atoms. The largest absolute Gasteiger partial charge is 0.399 e. The van der Waals surface area contributed by atoms with Crippen LogP contribution in [0.4, 0.5) is 5.69 Å². The summed E-state index contributed by atoms with van der Waals surface area (Å²) in [4.78, 5) is 11.1. The first kappa shape index (κ1) is 11.5. The Labute approximate surface area is 89.2 Å². The smallest absolute Gasteiger partial charge is 0.249 e. The van der Waals surface area contributed by atoms with Gasteiger partial charge in [-0.25, -0.2) is 0 Å². The highest BCUT2D eigenvalue weighted by Crippen LogP contribution is 2.14. The molecule has 1 rings (SSSR count). The van der Waals surface area contributed by atoms with Crippen LogP contribution in [0.2, 0.25) is 0 Å². The zero-order valence-electron chi connectivity index (χ0n) is 8.82. The number of carbonyl (C=O) groups excluding carboxylic acids is 1. The van der Waals surface area contributed by atoms with Crippen molar-refractivity contribution in [3.8, 4) is 0 Å². The molecule has 0 aliphatic rings. The molecule has 1 aromatic carbocycles. The molecule has 0 aromatic heterocycles. The molecule has 0 heterocycles. The highest BCUT2D eigenvalue weighted by molar-refractivity contribution is 5.95. The Morgan fingerprint density at radius 1 is 1.47 bits per heavy atom. The van der Waals surface area contributed by atoms with E-state index in [0.717, 1.165) is 18.4 Å². The number of primary amides is 1. The molecule has 1 aromatic rings. The molecule has 0 aliphatic carbocycles. The van der Waals surface area contributed by atoms with E-state index in [4.69, 9.17) is 16.2 Å². The van der Waals surface area contributed by atoms with Gasteiger partial charge in [0, 0.05) is 25.0 Å². The van der Waals surface area contributed by atoms with Crippen molar-refractivity contribution in [1.82, 2.24) is 0 Å². The summed E-state index contributed by atoms with van der Waals surface area (Å²) in [7, 11) is 1.65. The lowest BCUT2D eigenvalue weighted by Gasteiger charge is -2.07. The zero-order chi connectivity index (χ0) is 11.3. The van der Waals surface area contributed by atoms with Crippen LogP contribution in [0.3, 0.4) is 0 Å². The highest BCUT2D eigenvalue weighted by Gasteiger charge is 2.07. The number of methoxy groups -OCH3 is 1. The van der Waals surface area contributed by atoms with Gasteiger partial charge < -0.3 is 16.2 Å². The quantitative estimate of drug-likeness (QED) is 0.558. The van der Waals surface area contributed by atoms with Crippen molar-refractivity contribution in [2.45, 2.75) is 12.8 Å². The van der Waals surface area contributed by atoms with Gasteiger partial charge in [0.25, 0.3) is 0 Å². The summed E-state index contributed by atoms with van der Waals surface area (Å²) < 4.78 is 4.95. The first-order valence-electron chi connectivity index (χ1n) is 4.82. The Morgan fingerprint density at radius 3 is 2.80 bits per heavy atom. The van der Waals surface area contributed by atoms with E-state index in [0.29, 0.717) is 17.9 Å². The van der Waals surface area contributed by atoms with E-state index in [9.17, 15) is 4.79 Å². The second-order valence-corrected chi connectivity index (χ2v) is 3.38. The maximum absolute atomic E-state index is 11.1. The Balaban J connectivity index is 2.81. The molecule has 0 atom stereocenters. The number of benzene rings is 1. The van der Waals surface area contributed by atoms with Gasteiger partial charge in [-0.1, -0.05) is 6.07 Å². The van der Waals surface area contributed by atoms with Crippen molar-refractivity contribution >= 4 is 11.6 Å². The fourth-order valence-corrected chi connectivity index (χ4v) is 1.45. The maximum Gasteiger partial charge on any atom is 0.249 e. The van der Waals surface area contributed by atoms with Crippen molar-refractivity contribution in [3.05, 3.63) is 29.3 Å². The van der Waals surface area contributed by atoms with Crippen LogP contribution in [0, 0.1) is 0 Å². The number of hydrogen-bond acceptors (Lipinski definition) is 3. The number of rotatable bonds is 5. The van der Waals surface area contributed by atoms with E-state index in [1.54, 1.807) is 19.2 Å². The third-order valence-electron chi connectivity index (χ3n) is 2.19. The van der Waals surface area contributed by atoms with Crippen LogP contribution in [-0.2, 0) is 11.2 Å². The Kier molecular flexibility index (Phi) is 4.12. The van der Waals surface area contributed by atoms with E-state index < -0.39 is 5.91 Å². The molecule has 4 heteroatoms. The number of nitrogen functional groups attached to an aromatic ring is 1. The second-order valence-electron chi connectivity index (χ2n) is 3.38. The monoisotopic (exact) mass is 208 g/mol. The number of anilines is 1. The lowest BCUT2D eigenvalue weighted by Crippen LogP contribution is -2.14. The Morgan fingerprint density at radius 2 is 2.20 bits per heavy atom. The van der Waals surface area contributed by atoms with E-state index in [2.05, 4.69) is 0 Å². The fourth-order valence-electron chi connectivity index (χ4n) is 1.45. The fraction of sp³-hybridized carbons (Fsp3) is 0.364. The van der Waals surface area contributed by atoms with Gasteiger partial charge in [0.05, 0.1) is 0 Å². The number of amides is 1. The summed E-state index contributed by atoms with van der Waals surface area (Å²) in [6, 6.07) is 5.23. The molecular formula is C11H16N2O2. The van der Waals surface area contributed by atoms with E-state index in [1.807, 2.05) is 6.07 Å². The summed E-state index contributed by atoms with van der Waals surface area (Å²) in [5, 5.41) is 0. The predicted molar refractivity (Wildman–Crippen MR) is 59.6 cm³/mol. The summed E-state index contributed by atoms with van der Waals surface area (Å²) in [5.74, 6) is -0.435. The minimum absolute atomic E-state index is 0.435. The van der Waals surface area contributed by atoms with Crippen molar-refractivity contribution in [3.63, 3.8) is 0 Å². The standard InChI is InChI=1S/C11H16N2O2/c1-15-6-2-3-8-4-5-9(12)7-10(8)11(13)14/h4-5,7H,2-3,6,12H2,1H3,(H2,13,14). The summed E-state index contributed by atoms with van der Waals surface area (Å²) in [5.41, 5.74) is 12.8. The molecule has 0 unspecified atom stereocenters. The maximum atomic E-state index is 11.1. The van der Waals surface area contributed by atoms with Crippen LogP contribution in [0.1, 0.15) is 22.3 Å². The molecule has 0 spiro atoms. The molecule has 4 N–H and O–H groups in total. The average molecular weight is 208 g/mol. The molecule has 15 heavy (non-hydrogen) atoms. The van der Waals surface area contributed by atoms with Gasteiger partial charge in [0.2, 0.25) is 5.91 Å². The predicted octanol–water partition coefficient (Wildman–Crippen LogP) is 0.947. The average Bonchev–Trinajstić information content (AvgIpc) is 2.20. The molecule has 0 fully saturated rings. The number of hydrogen-bond donors (Lipinski definition) is 2. The lowest BCUT2D eigenvalue weighted by molar-refractivity contribution is 0.0999. The second kappa shape index (κ2) is 5.36. The number of carbonyl (C=O) groups is 1. The number of nitrogens with two attached hydrogens (primary N) is 2. The van der Waals surface area contributed by atoms with Crippen LogP contribution < -0.4 is 11.5 Å². The van der Waals surface area contributed by atoms with E-state index in [-0.39, 0.29) is 0 Å². The van der Waals surface area contributed by atoms with Crippen LogP contribution >= 0.6 is 0 Å². The number of ether oxygens (including phenoxy) is 1.